The number of piperidine rings is 1. The standard InChI is InChI=1S/C14H16FN3/c15-12-3-4-13(14-11(12)2-1-7-17-14)18-8-5-10(16)6-9-18/h1-4,7,10H,5-6,8-9,16H2. The number of fused-ring (bicyclic) bond motifs is 1. The van der Waals surface area contributed by atoms with Gasteiger partial charge in [0, 0.05) is 30.7 Å². The third kappa shape index (κ3) is 1.93. The fourth-order valence-corrected chi connectivity index (χ4v) is 2.52. The molecule has 2 N–H and O–H groups in total. The smallest absolute Gasteiger partial charge is 0.132 e. The summed E-state index contributed by atoms with van der Waals surface area (Å²) in [6.07, 6.45) is 3.67. The van der Waals surface area contributed by atoms with E-state index in [1.807, 2.05) is 6.07 Å². The van der Waals surface area contributed by atoms with Crippen LogP contribution in [0.2, 0.25) is 0 Å². The van der Waals surface area contributed by atoms with E-state index in [1.54, 1.807) is 18.3 Å². The van der Waals surface area contributed by atoms with Gasteiger partial charge in [-0.15, -0.1) is 0 Å². The van der Waals surface area contributed by atoms with Crippen molar-refractivity contribution in [2.45, 2.75) is 18.9 Å². The van der Waals surface area contributed by atoms with Crippen LogP contribution in [-0.2, 0) is 0 Å². The van der Waals surface area contributed by atoms with Gasteiger partial charge < -0.3 is 10.6 Å². The van der Waals surface area contributed by atoms with Gasteiger partial charge in [-0.25, -0.2) is 4.39 Å². The number of hydrogen-bond donors (Lipinski definition) is 1. The fraction of sp³-hybridized carbons (Fsp3) is 0.357. The maximum atomic E-state index is 13.7. The monoisotopic (exact) mass is 245 g/mol. The number of benzene rings is 1. The second kappa shape index (κ2) is 4.53. The third-order valence-corrected chi connectivity index (χ3v) is 3.58. The van der Waals surface area contributed by atoms with Crippen LogP contribution in [0.1, 0.15) is 12.8 Å². The lowest BCUT2D eigenvalue weighted by Gasteiger charge is -2.32. The first-order valence-corrected chi connectivity index (χ1v) is 6.29. The van der Waals surface area contributed by atoms with Crippen molar-refractivity contribution in [3.05, 3.63) is 36.3 Å². The molecule has 0 amide bonds. The summed E-state index contributed by atoms with van der Waals surface area (Å²) < 4.78 is 13.7. The van der Waals surface area contributed by atoms with Crippen LogP contribution in [0.5, 0.6) is 0 Å². The van der Waals surface area contributed by atoms with Gasteiger partial charge in [-0.1, -0.05) is 0 Å². The molecule has 0 bridgehead atoms. The minimum absolute atomic E-state index is 0.212. The van der Waals surface area contributed by atoms with E-state index in [0.29, 0.717) is 11.4 Å². The Kier molecular flexibility index (Phi) is 2.88. The van der Waals surface area contributed by atoms with Gasteiger partial charge in [0.1, 0.15) is 5.82 Å². The normalized spacial score (nSPS) is 17.3. The lowest BCUT2D eigenvalue weighted by molar-refractivity contribution is 0.501. The van der Waals surface area contributed by atoms with Crippen molar-refractivity contribution in [2.75, 3.05) is 18.0 Å². The van der Waals surface area contributed by atoms with Crippen molar-refractivity contribution in [3.8, 4) is 0 Å². The molecule has 1 aromatic carbocycles. The molecular weight excluding hydrogens is 229 g/mol. The van der Waals surface area contributed by atoms with E-state index >= 15 is 0 Å². The van der Waals surface area contributed by atoms with Crippen LogP contribution in [0.3, 0.4) is 0 Å². The molecule has 1 aliphatic heterocycles. The zero-order valence-electron chi connectivity index (χ0n) is 10.1. The van der Waals surface area contributed by atoms with E-state index < -0.39 is 0 Å². The predicted molar refractivity (Wildman–Crippen MR) is 71.1 cm³/mol. The van der Waals surface area contributed by atoms with E-state index in [0.717, 1.165) is 37.1 Å². The van der Waals surface area contributed by atoms with Crippen molar-refractivity contribution >= 4 is 16.6 Å². The molecule has 1 aromatic heterocycles. The summed E-state index contributed by atoms with van der Waals surface area (Å²) in [6.45, 7) is 1.83. The summed E-state index contributed by atoms with van der Waals surface area (Å²) >= 11 is 0. The lowest BCUT2D eigenvalue weighted by Crippen LogP contribution is -2.39. The Morgan fingerprint density at radius 1 is 1.22 bits per heavy atom. The molecule has 94 valence electrons. The van der Waals surface area contributed by atoms with Crippen LogP contribution in [-0.4, -0.2) is 24.1 Å². The van der Waals surface area contributed by atoms with Gasteiger partial charge >= 0.3 is 0 Å². The molecule has 1 saturated heterocycles. The highest BCUT2D eigenvalue weighted by Crippen LogP contribution is 2.28. The first kappa shape index (κ1) is 11.4. The molecular formula is C14H16FN3. The zero-order valence-corrected chi connectivity index (χ0v) is 10.1. The van der Waals surface area contributed by atoms with Gasteiger partial charge in [0.05, 0.1) is 11.2 Å². The number of hydrogen-bond acceptors (Lipinski definition) is 3. The molecule has 3 rings (SSSR count). The quantitative estimate of drug-likeness (QED) is 0.838. The molecule has 1 fully saturated rings. The summed E-state index contributed by atoms with van der Waals surface area (Å²) in [6, 6.07) is 7.18. The summed E-state index contributed by atoms with van der Waals surface area (Å²) in [5.41, 5.74) is 7.67. The number of aromatic nitrogens is 1. The minimum atomic E-state index is -0.212. The first-order chi connectivity index (χ1) is 8.75. The Balaban J connectivity index is 2.04. The van der Waals surface area contributed by atoms with E-state index in [2.05, 4.69) is 9.88 Å². The molecule has 0 atom stereocenters. The van der Waals surface area contributed by atoms with Gasteiger partial charge in [0.25, 0.3) is 0 Å². The van der Waals surface area contributed by atoms with Crippen molar-refractivity contribution < 1.29 is 4.39 Å². The second-order valence-electron chi connectivity index (χ2n) is 4.79. The average Bonchev–Trinajstić information content (AvgIpc) is 2.41. The largest absolute Gasteiger partial charge is 0.370 e. The average molecular weight is 245 g/mol. The van der Waals surface area contributed by atoms with Crippen LogP contribution in [0.15, 0.2) is 30.5 Å². The highest BCUT2D eigenvalue weighted by molar-refractivity contribution is 5.91. The summed E-state index contributed by atoms with van der Waals surface area (Å²) in [7, 11) is 0. The van der Waals surface area contributed by atoms with Gasteiger partial charge in [-0.3, -0.25) is 4.98 Å². The van der Waals surface area contributed by atoms with Crippen LogP contribution in [0, 0.1) is 5.82 Å². The Labute approximate surface area is 105 Å². The van der Waals surface area contributed by atoms with Gasteiger partial charge in [-0.2, -0.15) is 0 Å². The Morgan fingerprint density at radius 2 is 2.00 bits per heavy atom. The molecule has 18 heavy (non-hydrogen) atoms. The summed E-state index contributed by atoms with van der Waals surface area (Å²) in [4.78, 5) is 6.57. The number of nitrogens with zero attached hydrogens (tertiary/aromatic N) is 2. The highest BCUT2D eigenvalue weighted by atomic mass is 19.1. The Morgan fingerprint density at radius 3 is 2.78 bits per heavy atom. The molecule has 2 heterocycles. The number of nitrogens with two attached hydrogens (primary N) is 1. The second-order valence-corrected chi connectivity index (χ2v) is 4.79. The first-order valence-electron chi connectivity index (χ1n) is 6.29. The van der Waals surface area contributed by atoms with Crippen LogP contribution in [0.4, 0.5) is 10.1 Å². The van der Waals surface area contributed by atoms with E-state index in [1.165, 1.54) is 6.07 Å². The number of pyridine rings is 1. The fourth-order valence-electron chi connectivity index (χ4n) is 2.52. The third-order valence-electron chi connectivity index (χ3n) is 3.58. The SMILES string of the molecule is NC1CCN(c2ccc(F)c3cccnc23)CC1. The number of anilines is 1. The zero-order chi connectivity index (χ0) is 12.5. The van der Waals surface area contributed by atoms with Crippen LogP contribution >= 0.6 is 0 Å². The van der Waals surface area contributed by atoms with Gasteiger partial charge in [-0.05, 0) is 37.1 Å². The molecule has 0 aliphatic carbocycles. The van der Waals surface area contributed by atoms with Crippen molar-refractivity contribution in [2.24, 2.45) is 5.73 Å². The van der Waals surface area contributed by atoms with Crippen LogP contribution in [0.25, 0.3) is 10.9 Å². The molecule has 0 radical (unpaired) electrons. The van der Waals surface area contributed by atoms with E-state index in [4.69, 9.17) is 5.73 Å². The summed E-state index contributed by atoms with van der Waals surface area (Å²) in [5, 5.41) is 0.588. The highest BCUT2D eigenvalue weighted by Gasteiger charge is 2.19. The molecule has 1 aliphatic rings. The van der Waals surface area contributed by atoms with E-state index in [9.17, 15) is 4.39 Å². The number of rotatable bonds is 1. The molecule has 4 heteroatoms. The van der Waals surface area contributed by atoms with Gasteiger partial charge in [0.2, 0.25) is 0 Å². The molecule has 0 unspecified atom stereocenters. The molecule has 3 nitrogen and oxygen atoms in total. The predicted octanol–water partition coefficient (Wildman–Crippen LogP) is 2.30. The number of halogens is 1. The van der Waals surface area contributed by atoms with Crippen molar-refractivity contribution in [1.29, 1.82) is 0 Å². The van der Waals surface area contributed by atoms with Crippen molar-refractivity contribution in [3.63, 3.8) is 0 Å². The van der Waals surface area contributed by atoms with Crippen molar-refractivity contribution in [1.82, 2.24) is 4.98 Å². The molecule has 0 saturated carbocycles. The Hall–Kier alpha value is -1.68. The van der Waals surface area contributed by atoms with E-state index in [-0.39, 0.29) is 5.82 Å². The minimum Gasteiger partial charge on any atom is -0.370 e. The van der Waals surface area contributed by atoms with Crippen LogP contribution < -0.4 is 10.6 Å². The van der Waals surface area contributed by atoms with Gasteiger partial charge in [0.15, 0.2) is 0 Å². The summed E-state index contributed by atoms with van der Waals surface area (Å²) in [5.74, 6) is -0.212. The topological polar surface area (TPSA) is 42.1 Å². The maximum Gasteiger partial charge on any atom is 0.132 e. The Bertz CT molecular complexity index is 562. The lowest BCUT2D eigenvalue weighted by atomic mass is 10.0. The maximum absolute atomic E-state index is 13.7. The molecule has 2 aromatic rings. The molecule has 0 spiro atoms.